The van der Waals surface area contributed by atoms with Gasteiger partial charge in [0, 0.05) is 7.11 Å². The third-order valence-electron chi connectivity index (χ3n) is 1.55. The van der Waals surface area contributed by atoms with Crippen LogP contribution in [0.15, 0.2) is 0 Å². The molecule has 11 heavy (non-hydrogen) atoms. The maximum atomic E-state index is 11.6. The molecule has 0 N–H and O–H groups in total. The fourth-order valence-corrected chi connectivity index (χ4v) is 2.59. The normalized spacial score (nSPS) is 34.8. The van der Waals surface area contributed by atoms with E-state index in [1.807, 2.05) is 6.92 Å². The molecule has 1 fully saturated rings. The van der Waals surface area contributed by atoms with E-state index in [2.05, 4.69) is 0 Å². The zero-order valence-corrected chi connectivity index (χ0v) is 7.84. The van der Waals surface area contributed by atoms with Crippen molar-refractivity contribution >= 4 is 7.60 Å². The zero-order chi connectivity index (χ0) is 8.48. The summed E-state index contributed by atoms with van der Waals surface area (Å²) in [6, 6.07) is 0. The summed E-state index contributed by atoms with van der Waals surface area (Å²) in [5, 5.41) is 0. The van der Waals surface area contributed by atoms with E-state index < -0.39 is 7.60 Å². The summed E-state index contributed by atoms with van der Waals surface area (Å²) in [5.41, 5.74) is 0. The molecule has 4 nitrogen and oxygen atoms in total. The standard InChI is InChI=1S/C6H13O4P/c1-4-9-11(7,8-3)6-5(2)10-6/h5-6H,4H2,1-3H3. The van der Waals surface area contributed by atoms with Crippen LogP contribution in [0.25, 0.3) is 0 Å². The van der Waals surface area contributed by atoms with Gasteiger partial charge in [0.1, 0.15) is 0 Å². The highest BCUT2D eigenvalue weighted by atomic mass is 31.2. The van der Waals surface area contributed by atoms with E-state index in [0.717, 1.165) is 0 Å². The maximum absolute atomic E-state index is 11.6. The number of ether oxygens (including phenoxy) is 1. The molecule has 0 aromatic rings. The summed E-state index contributed by atoms with van der Waals surface area (Å²) < 4.78 is 26.4. The van der Waals surface area contributed by atoms with Crippen LogP contribution in [0.4, 0.5) is 0 Å². The summed E-state index contributed by atoms with van der Waals surface area (Å²) in [4.78, 5) is 0. The molecule has 3 atom stereocenters. The maximum Gasteiger partial charge on any atom is 0.361 e. The third-order valence-corrected chi connectivity index (χ3v) is 3.85. The monoisotopic (exact) mass is 180 g/mol. The minimum absolute atomic E-state index is 0.00679. The third kappa shape index (κ3) is 1.82. The van der Waals surface area contributed by atoms with Crippen molar-refractivity contribution < 1.29 is 18.3 Å². The molecule has 0 aromatic heterocycles. The van der Waals surface area contributed by atoms with Gasteiger partial charge in [0.05, 0.1) is 12.7 Å². The van der Waals surface area contributed by atoms with Crippen LogP contribution in [-0.4, -0.2) is 25.7 Å². The van der Waals surface area contributed by atoms with Gasteiger partial charge in [0.15, 0.2) is 5.85 Å². The second-order valence-corrected chi connectivity index (χ2v) is 4.58. The fourth-order valence-electron chi connectivity index (χ4n) is 0.916. The van der Waals surface area contributed by atoms with E-state index in [1.165, 1.54) is 7.11 Å². The molecule has 1 heterocycles. The Morgan fingerprint density at radius 3 is 2.45 bits per heavy atom. The number of epoxide rings is 1. The van der Waals surface area contributed by atoms with Crippen LogP contribution in [0.2, 0.25) is 0 Å². The van der Waals surface area contributed by atoms with Gasteiger partial charge in [-0.25, -0.2) is 0 Å². The molecule has 66 valence electrons. The van der Waals surface area contributed by atoms with Crippen LogP contribution in [0.3, 0.4) is 0 Å². The molecule has 0 aliphatic carbocycles. The lowest BCUT2D eigenvalue weighted by molar-refractivity contribution is 0.230. The van der Waals surface area contributed by atoms with E-state index in [4.69, 9.17) is 13.8 Å². The van der Waals surface area contributed by atoms with E-state index in [-0.39, 0.29) is 11.9 Å². The van der Waals surface area contributed by atoms with Crippen molar-refractivity contribution in [1.29, 1.82) is 0 Å². The SMILES string of the molecule is CCOP(=O)(OC)C1OC1C. The Bertz CT molecular complexity index is 181. The van der Waals surface area contributed by atoms with Gasteiger partial charge in [-0.2, -0.15) is 0 Å². The summed E-state index contributed by atoms with van der Waals surface area (Å²) >= 11 is 0. The van der Waals surface area contributed by atoms with Gasteiger partial charge in [-0.15, -0.1) is 0 Å². The van der Waals surface area contributed by atoms with Crippen LogP contribution in [0.1, 0.15) is 13.8 Å². The molecule has 0 radical (unpaired) electrons. The largest absolute Gasteiger partial charge is 0.361 e. The predicted octanol–water partition coefficient (Wildman–Crippen LogP) is 1.61. The zero-order valence-electron chi connectivity index (χ0n) is 6.94. The van der Waals surface area contributed by atoms with Gasteiger partial charge in [0.2, 0.25) is 0 Å². The van der Waals surface area contributed by atoms with Gasteiger partial charge in [-0.1, -0.05) is 0 Å². The second-order valence-electron chi connectivity index (χ2n) is 2.37. The van der Waals surface area contributed by atoms with Gasteiger partial charge < -0.3 is 13.8 Å². The summed E-state index contributed by atoms with van der Waals surface area (Å²) in [6.07, 6.45) is 0.00679. The van der Waals surface area contributed by atoms with E-state index >= 15 is 0 Å². The van der Waals surface area contributed by atoms with Crippen LogP contribution < -0.4 is 0 Å². The number of rotatable bonds is 4. The predicted molar refractivity (Wildman–Crippen MR) is 40.6 cm³/mol. The molecule has 0 bridgehead atoms. The Hall–Kier alpha value is 0.110. The molecule has 1 rings (SSSR count). The van der Waals surface area contributed by atoms with Crippen molar-refractivity contribution in [2.24, 2.45) is 0 Å². The first-order valence-electron chi connectivity index (χ1n) is 3.59. The highest BCUT2D eigenvalue weighted by molar-refractivity contribution is 7.54. The first-order valence-corrected chi connectivity index (χ1v) is 5.20. The summed E-state index contributed by atoms with van der Waals surface area (Å²) in [6.45, 7) is 4.01. The molecular formula is C6H13O4P. The van der Waals surface area contributed by atoms with Gasteiger partial charge in [-0.05, 0) is 13.8 Å². The Morgan fingerprint density at radius 1 is 1.64 bits per heavy atom. The van der Waals surface area contributed by atoms with Gasteiger partial charge in [-0.3, -0.25) is 4.57 Å². The number of hydrogen-bond donors (Lipinski definition) is 0. The van der Waals surface area contributed by atoms with Gasteiger partial charge in [0.25, 0.3) is 0 Å². The number of hydrogen-bond acceptors (Lipinski definition) is 4. The second kappa shape index (κ2) is 3.23. The quantitative estimate of drug-likeness (QED) is 0.487. The van der Waals surface area contributed by atoms with Crippen molar-refractivity contribution in [3.05, 3.63) is 0 Å². The molecule has 1 aliphatic heterocycles. The molecule has 1 saturated heterocycles. The smallest absolute Gasteiger partial charge is 0.356 e. The van der Waals surface area contributed by atoms with Crippen molar-refractivity contribution in [3.63, 3.8) is 0 Å². The highest BCUT2D eigenvalue weighted by Crippen LogP contribution is 2.60. The van der Waals surface area contributed by atoms with E-state index in [9.17, 15) is 4.57 Å². The molecular weight excluding hydrogens is 167 g/mol. The fraction of sp³-hybridized carbons (Fsp3) is 1.00. The van der Waals surface area contributed by atoms with Crippen molar-refractivity contribution in [2.45, 2.75) is 25.8 Å². The van der Waals surface area contributed by atoms with Crippen LogP contribution >= 0.6 is 7.60 Å². The molecule has 1 aliphatic rings. The topological polar surface area (TPSA) is 48.1 Å². The molecule has 0 saturated carbocycles. The van der Waals surface area contributed by atoms with Crippen molar-refractivity contribution in [1.82, 2.24) is 0 Å². The minimum Gasteiger partial charge on any atom is -0.356 e. The lowest BCUT2D eigenvalue weighted by atomic mass is 10.6. The molecule has 3 unspecified atom stereocenters. The van der Waals surface area contributed by atoms with E-state index in [0.29, 0.717) is 6.61 Å². The van der Waals surface area contributed by atoms with Crippen LogP contribution in [0.5, 0.6) is 0 Å². The summed E-state index contributed by atoms with van der Waals surface area (Å²) in [7, 11) is -1.56. The first-order chi connectivity index (χ1) is 5.14. The summed E-state index contributed by atoms with van der Waals surface area (Å²) in [5.74, 6) is -0.340. The van der Waals surface area contributed by atoms with Crippen LogP contribution in [-0.2, 0) is 18.3 Å². The minimum atomic E-state index is -2.94. The van der Waals surface area contributed by atoms with E-state index in [1.54, 1.807) is 6.92 Å². The molecule has 0 spiro atoms. The van der Waals surface area contributed by atoms with Crippen molar-refractivity contribution in [3.8, 4) is 0 Å². The van der Waals surface area contributed by atoms with Gasteiger partial charge >= 0.3 is 7.60 Å². The first kappa shape index (κ1) is 9.20. The highest BCUT2D eigenvalue weighted by Gasteiger charge is 2.51. The average Bonchev–Trinajstić information content (AvgIpc) is 2.68. The Kier molecular flexibility index (Phi) is 2.70. The lowest BCUT2D eigenvalue weighted by Crippen LogP contribution is -2.00. The Morgan fingerprint density at radius 2 is 2.18 bits per heavy atom. The van der Waals surface area contributed by atoms with Crippen LogP contribution in [0, 0.1) is 0 Å². The molecule has 0 aromatic carbocycles. The molecule has 5 heteroatoms. The average molecular weight is 180 g/mol. The van der Waals surface area contributed by atoms with Crippen molar-refractivity contribution in [2.75, 3.05) is 13.7 Å². The Balaban J connectivity index is 2.53. The Labute approximate surface area is 66.4 Å². The molecule has 0 amide bonds. The lowest BCUT2D eigenvalue weighted by Gasteiger charge is -2.11.